The first-order chi connectivity index (χ1) is 13.2. The van der Waals surface area contributed by atoms with E-state index in [1.807, 2.05) is 6.92 Å². The fourth-order valence-electron chi connectivity index (χ4n) is 3.70. The van der Waals surface area contributed by atoms with Crippen molar-refractivity contribution >= 4 is 12.1 Å². The quantitative estimate of drug-likeness (QED) is 0.306. The third kappa shape index (κ3) is 11.2. The lowest BCUT2D eigenvalue weighted by atomic mass is 9.84. The second kappa shape index (κ2) is 15.8. The van der Waals surface area contributed by atoms with Gasteiger partial charge in [-0.25, -0.2) is 9.59 Å². The van der Waals surface area contributed by atoms with Gasteiger partial charge in [-0.2, -0.15) is 0 Å². The highest BCUT2D eigenvalue weighted by Crippen LogP contribution is 2.27. The van der Waals surface area contributed by atoms with Gasteiger partial charge in [-0.3, -0.25) is 0 Å². The Morgan fingerprint density at radius 1 is 0.815 bits per heavy atom. The minimum absolute atomic E-state index is 0.166. The second-order valence-corrected chi connectivity index (χ2v) is 7.80. The summed E-state index contributed by atoms with van der Waals surface area (Å²) in [6.07, 6.45) is 15.3. The van der Waals surface area contributed by atoms with Gasteiger partial charge in [0, 0.05) is 0 Å². The van der Waals surface area contributed by atoms with Crippen LogP contribution in [-0.2, 0) is 14.3 Å². The number of alkyl carbamates (subject to hydrolysis) is 1. The molecule has 5 heteroatoms. The molecule has 1 saturated carbocycles. The van der Waals surface area contributed by atoms with Crippen LogP contribution in [-0.4, -0.2) is 31.3 Å². The van der Waals surface area contributed by atoms with Crippen LogP contribution < -0.4 is 5.32 Å². The molecule has 27 heavy (non-hydrogen) atoms. The summed E-state index contributed by atoms with van der Waals surface area (Å²) in [5.41, 5.74) is 0. The Balaban J connectivity index is 2.29. The lowest BCUT2D eigenvalue weighted by molar-refractivity contribution is -0.148. The van der Waals surface area contributed by atoms with Gasteiger partial charge >= 0.3 is 12.1 Å². The van der Waals surface area contributed by atoms with Crippen LogP contribution in [0.15, 0.2) is 0 Å². The van der Waals surface area contributed by atoms with E-state index in [0.29, 0.717) is 13.2 Å². The minimum atomic E-state index is -0.566. The number of carbonyl (C=O) groups is 2. The van der Waals surface area contributed by atoms with Crippen molar-refractivity contribution in [1.82, 2.24) is 5.32 Å². The van der Waals surface area contributed by atoms with Crippen molar-refractivity contribution in [3.63, 3.8) is 0 Å². The van der Waals surface area contributed by atoms with Crippen LogP contribution in [0.25, 0.3) is 0 Å². The zero-order chi connectivity index (χ0) is 19.7. The molecular weight excluding hydrogens is 342 g/mol. The van der Waals surface area contributed by atoms with Crippen LogP contribution in [0.2, 0.25) is 0 Å². The van der Waals surface area contributed by atoms with E-state index in [1.54, 1.807) is 0 Å². The molecule has 158 valence electrons. The monoisotopic (exact) mass is 383 g/mol. The summed E-state index contributed by atoms with van der Waals surface area (Å²) < 4.78 is 10.6. The predicted molar refractivity (Wildman–Crippen MR) is 109 cm³/mol. The van der Waals surface area contributed by atoms with Gasteiger partial charge in [0.2, 0.25) is 0 Å². The normalized spacial score (nSPS) is 15.9. The highest BCUT2D eigenvalue weighted by molar-refractivity contribution is 5.81. The topological polar surface area (TPSA) is 64.6 Å². The summed E-state index contributed by atoms with van der Waals surface area (Å²) in [5.74, 6) is -0.128. The summed E-state index contributed by atoms with van der Waals surface area (Å²) in [4.78, 5) is 24.5. The third-order valence-electron chi connectivity index (χ3n) is 5.33. The van der Waals surface area contributed by atoms with Crippen LogP contribution in [0.1, 0.15) is 104 Å². The van der Waals surface area contributed by atoms with E-state index in [-0.39, 0.29) is 11.9 Å². The van der Waals surface area contributed by atoms with Gasteiger partial charge in [0.05, 0.1) is 13.2 Å². The molecule has 0 aliphatic heterocycles. The molecule has 0 heterocycles. The highest BCUT2D eigenvalue weighted by atomic mass is 16.6. The van der Waals surface area contributed by atoms with Crippen molar-refractivity contribution < 1.29 is 19.1 Å². The fourth-order valence-corrected chi connectivity index (χ4v) is 3.70. The molecule has 1 rings (SSSR count). The summed E-state index contributed by atoms with van der Waals surface area (Å²) >= 11 is 0. The fraction of sp³-hybridized carbons (Fsp3) is 0.909. The van der Waals surface area contributed by atoms with Crippen LogP contribution in [0.4, 0.5) is 4.79 Å². The van der Waals surface area contributed by atoms with Crippen LogP contribution in [0.3, 0.4) is 0 Å². The number of ether oxygens (including phenoxy) is 2. The van der Waals surface area contributed by atoms with Crippen molar-refractivity contribution in [2.75, 3.05) is 13.2 Å². The molecule has 1 amide bonds. The van der Waals surface area contributed by atoms with Gasteiger partial charge in [-0.15, -0.1) is 0 Å². The number of carbonyl (C=O) groups excluding carboxylic acids is 2. The number of nitrogens with one attached hydrogen (secondary N) is 1. The molecule has 0 spiro atoms. The maximum absolute atomic E-state index is 12.6. The van der Waals surface area contributed by atoms with Gasteiger partial charge < -0.3 is 14.8 Å². The Bertz CT molecular complexity index is 394. The molecule has 1 fully saturated rings. The minimum Gasteiger partial charge on any atom is -0.464 e. The first kappa shape index (κ1) is 23.8. The van der Waals surface area contributed by atoms with Gasteiger partial charge in [-0.1, -0.05) is 78.1 Å². The SMILES string of the molecule is CCCCCCCCCCOC(=O)C(NC(=O)OCCC)C1CCCCC1. The van der Waals surface area contributed by atoms with E-state index in [2.05, 4.69) is 12.2 Å². The molecule has 0 aromatic heterocycles. The summed E-state index contributed by atoms with van der Waals surface area (Å²) in [5, 5.41) is 2.77. The summed E-state index contributed by atoms with van der Waals surface area (Å²) in [7, 11) is 0. The Morgan fingerprint density at radius 2 is 1.44 bits per heavy atom. The lowest BCUT2D eigenvalue weighted by Crippen LogP contribution is -2.47. The van der Waals surface area contributed by atoms with E-state index < -0.39 is 12.1 Å². The molecule has 0 aromatic rings. The third-order valence-corrected chi connectivity index (χ3v) is 5.33. The van der Waals surface area contributed by atoms with E-state index in [4.69, 9.17) is 9.47 Å². The number of rotatable bonds is 14. The zero-order valence-corrected chi connectivity index (χ0v) is 17.6. The first-order valence-electron chi connectivity index (χ1n) is 11.3. The number of hydrogen-bond acceptors (Lipinski definition) is 4. The zero-order valence-electron chi connectivity index (χ0n) is 17.6. The molecule has 1 N–H and O–H groups in total. The van der Waals surface area contributed by atoms with Crippen LogP contribution >= 0.6 is 0 Å². The number of hydrogen-bond donors (Lipinski definition) is 1. The average Bonchev–Trinajstić information content (AvgIpc) is 2.69. The van der Waals surface area contributed by atoms with Gasteiger partial charge in [0.1, 0.15) is 6.04 Å². The molecule has 0 radical (unpaired) electrons. The van der Waals surface area contributed by atoms with Crippen molar-refractivity contribution in [2.24, 2.45) is 5.92 Å². The second-order valence-electron chi connectivity index (χ2n) is 7.80. The lowest BCUT2D eigenvalue weighted by Gasteiger charge is -2.29. The van der Waals surface area contributed by atoms with Gasteiger partial charge in [0.25, 0.3) is 0 Å². The van der Waals surface area contributed by atoms with E-state index in [9.17, 15) is 9.59 Å². The summed E-state index contributed by atoms with van der Waals surface area (Å²) in [6, 6.07) is -0.566. The maximum Gasteiger partial charge on any atom is 0.407 e. The highest BCUT2D eigenvalue weighted by Gasteiger charge is 2.32. The van der Waals surface area contributed by atoms with Crippen molar-refractivity contribution in [3.05, 3.63) is 0 Å². The van der Waals surface area contributed by atoms with Crippen molar-refractivity contribution in [3.8, 4) is 0 Å². The Labute approximate surface area is 165 Å². The maximum atomic E-state index is 12.6. The standard InChI is InChI=1S/C22H41NO4/c1-3-5-6-7-8-9-10-14-18-26-21(24)20(19-15-12-11-13-16-19)23-22(25)27-17-4-2/h19-20H,3-18H2,1-2H3,(H,23,25). The van der Waals surface area contributed by atoms with E-state index in [1.165, 1.54) is 44.9 Å². The predicted octanol–water partition coefficient (Wildman–Crippen LogP) is 5.76. The molecule has 0 aromatic carbocycles. The van der Waals surface area contributed by atoms with Gasteiger partial charge in [0.15, 0.2) is 0 Å². The molecule has 1 atom stereocenters. The molecule has 5 nitrogen and oxygen atoms in total. The largest absolute Gasteiger partial charge is 0.464 e. The van der Waals surface area contributed by atoms with Crippen molar-refractivity contribution in [1.29, 1.82) is 0 Å². The van der Waals surface area contributed by atoms with E-state index in [0.717, 1.165) is 44.9 Å². The van der Waals surface area contributed by atoms with Crippen LogP contribution in [0, 0.1) is 5.92 Å². The molecule has 0 saturated heterocycles. The smallest absolute Gasteiger partial charge is 0.407 e. The van der Waals surface area contributed by atoms with Crippen LogP contribution in [0.5, 0.6) is 0 Å². The molecule has 1 unspecified atom stereocenters. The Kier molecular flexibility index (Phi) is 13.9. The summed E-state index contributed by atoms with van der Waals surface area (Å²) in [6.45, 7) is 5.00. The Morgan fingerprint density at radius 3 is 2.07 bits per heavy atom. The molecule has 0 bridgehead atoms. The Hall–Kier alpha value is -1.26. The molecule has 1 aliphatic rings. The average molecular weight is 384 g/mol. The molecule has 1 aliphatic carbocycles. The van der Waals surface area contributed by atoms with E-state index >= 15 is 0 Å². The number of amides is 1. The van der Waals surface area contributed by atoms with Crippen molar-refractivity contribution in [2.45, 2.75) is 110 Å². The number of esters is 1. The first-order valence-corrected chi connectivity index (χ1v) is 11.3. The number of unbranched alkanes of at least 4 members (excludes halogenated alkanes) is 7. The molecular formula is C22H41NO4. The van der Waals surface area contributed by atoms with Gasteiger partial charge in [-0.05, 0) is 31.6 Å².